The third-order valence-corrected chi connectivity index (χ3v) is 7.41. The number of halogens is 1. The number of carbonyl (C=O) groups excluding carboxylic acids is 1. The standard InChI is InChI=1S/C23H32FN4O8P/c1-14(2)34-21(30)15(3)27-37(32,36-16-8-6-5-7-9-16)33-13-23(4)17(12-29)35-20(19(23)24)28-11-10-18(25)26-22(28)31/h5-11,14-15,17,19-20,29H,12-13H2,1-4H3,(H,27,32)(H2,25,26,31)/t15-,17+,19?,20-,23?,37?/m0/s1. The molecule has 0 spiro atoms. The first-order valence-electron chi connectivity index (χ1n) is 11.6. The number of nitrogens with one attached hydrogen (secondary N) is 1. The van der Waals surface area contributed by atoms with Crippen molar-refractivity contribution in [3.8, 4) is 5.75 Å². The lowest BCUT2D eigenvalue weighted by molar-refractivity contribution is -0.149. The molecule has 2 heterocycles. The number of alkyl halides is 1. The molecule has 0 amide bonds. The van der Waals surface area contributed by atoms with E-state index in [4.69, 9.17) is 24.3 Å². The van der Waals surface area contributed by atoms with E-state index in [1.807, 2.05) is 0 Å². The lowest BCUT2D eigenvalue weighted by atomic mass is 9.82. The van der Waals surface area contributed by atoms with Crippen LogP contribution in [-0.2, 0) is 23.4 Å². The molecule has 1 aliphatic heterocycles. The van der Waals surface area contributed by atoms with Crippen molar-refractivity contribution in [3.63, 3.8) is 0 Å². The Balaban J connectivity index is 1.85. The van der Waals surface area contributed by atoms with Crippen LogP contribution < -0.4 is 21.0 Å². The van der Waals surface area contributed by atoms with Crippen LogP contribution >= 0.6 is 7.75 Å². The monoisotopic (exact) mass is 542 g/mol. The van der Waals surface area contributed by atoms with Crippen LogP contribution in [0.5, 0.6) is 5.75 Å². The number of esters is 1. The van der Waals surface area contributed by atoms with Gasteiger partial charge >= 0.3 is 19.4 Å². The average Bonchev–Trinajstić information content (AvgIpc) is 3.08. The van der Waals surface area contributed by atoms with Crippen LogP contribution in [0.2, 0.25) is 0 Å². The molecule has 0 saturated carbocycles. The number of aromatic nitrogens is 2. The summed E-state index contributed by atoms with van der Waals surface area (Å²) in [6.45, 7) is 4.96. The molecule has 1 aliphatic rings. The summed E-state index contributed by atoms with van der Waals surface area (Å²) in [5.41, 5.74) is 3.09. The van der Waals surface area contributed by atoms with Crippen LogP contribution in [0.1, 0.15) is 33.9 Å². The highest BCUT2D eigenvalue weighted by Crippen LogP contribution is 2.51. The Morgan fingerprint density at radius 3 is 2.59 bits per heavy atom. The molecule has 1 aromatic carbocycles. The fraction of sp³-hybridized carbons (Fsp3) is 0.522. The molecule has 6 atom stereocenters. The van der Waals surface area contributed by atoms with Crippen molar-refractivity contribution in [3.05, 3.63) is 53.1 Å². The maximum absolute atomic E-state index is 15.8. The summed E-state index contributed by atoms with van der Waals surface area (Å²) in [5, 5.41) is 12.4. The number of benzene rings is 1. The van der Waals surface area contributed by atoms with Gasteiger partial charge in [-0.05, 0) is 39.0 Å². The van der Waals surface area contributed by atoms with E-state index in [1.165, 1.54) is 38.2 Å². The predicted octanol–water partition coefficient (Wildman–Crippen LogP) is 2.19. The highest BCUT2D eigenvalue weighted by molar-refractivity contribution is 7.52. The molecule has 37 heavy (non-hydrogen) atoms. The minimum atomic E-state index is -4.31. The second kappa shape index (κ2) is 11.7. The number of ether oxygens (including phenoxy) is 2. The number of anilines is 1. The van der Waals surface area contributed by atoms with Crippen molar-refractivity contribution in [1.29, 1.82) is 0 Å². The quantitative estimate of drug-likeness (QED) is 0.282. The zero-order valence-corrected chi connectivity index (χ0v) is 21.8. The first-order chi connectivity index (χ1) is 17.4. The lowest BCUT2D eigenvalue weighted by Crippen LogP contribution is -2.43. The molecule has 14 heteroatoms. The first-order valence-corrected chi connectivity index (χ1v) is 13.2. The maximum Gasteiger partial charge on any atom is 0.459 e. The van der Waals surface area contributed by atoms with E-state index in [0.717, 1.165) is 4.57 Å². The molecule has 0 radical (unpaired) electrons. The van der Waals surface area contributed by atoms with Crippen molar-refractivity contribution in [1.82, 2.24) is 14.6 Å². The van der Waals surface area contributed by atoms with Crippen molar-refractivity contribution >= 4 is 19.5 Å². The van der Waals surface area contributed by atoms with Gasteiger partial charge in [0.2, 0.25) is 0 Å². The van der Waals surface area contributed by atoms with Crippen molar-refractivity contribution in [2.45, 2.75) is 58.3 Å². The largest absolute Gasteiger partial charge is 0.462 e. The van der Waals surface area contributed by atoms with Crippen LogP contribution in [0.25, 0.3) is 0 Å². The minimum absolute atomic E-state index is 0.0466. The molecular weight excluding hydrogens is 510 g/mol. The molecule has 1 aromatic heterocycles. The van der Waals surface area contributed by atoms with Crippen LogP contribution in [-0.4, -0.2) is 58.3 Å². The molecule has 204 valence electrons. The third kappa shape index (κ3) is 6.74. The molecule has 1 saturated heterocycles. The van der Waals surface area contributed by atoms with Crippen LogP contribution in [0.15, 0.2) is 47.4 Å². The first kappa shape index (κ1) is 28.7. The van der Waals surface area contributed by atoms with Gasteiger partial charge in [0.05, 0.1) is 30.8 Å². The Morgan fingerprint density at radius 1 is 1.32 bits per heavy atom. The SMILES string of the molecule is CC(C)OC(=O)[C@H](C)NP(=O)(OCC1(C)C(F)[C@@H](n2ccc(N)nc2=O)O[C@@H]1CO)Oc1ccccc1. The summed E-state index contributed by atoms with van der Waals surface area (Å²) in [5.74, 6) is -0.573. The number of aliphatic hydroxyl groups is 1. The van der Waals surface area contributed by atoms with E-state index >= 15 is 4.39 Å². The number of hydrogen-bond acceptors (Lipinski definition) is 10. The number of aliphatic hydroxyl groups excluding tert-OH is 1. The summed E-state index contributed by atoms with van der Waals surface area (Å²) < 4.78 is 52.5. The van der Waals surface area contributed by atoms with Gasteiger partial charge in [0.15, 0.2) is 12.4 Å². The highest BCUT2D eigenvalue weighted by atomic mass is 31.2. The maximum atomic E-state index is 15.8. The van der Waals surface area contributed by atoms with Gasteiger partial charge < -0.3 is 24.8 Å². The zero-order chi connectivity index (χ0) is 27.4. The third-order valence-electron chi connectivity index (χ3n) is 5.78. The molecule has 2 aromatic rings. The summed E-state index contributed by atoms with van der Waals surface area (Å²) in [4.78, 5) is 28.2. The average molecular weight is 543 g/mol. The molecule has 0 aliphatic carbocycles. The van der Waals surface area contributed by atoms with Gasteiger partial charge in [0, 0.05) is 6.20 Å². The van der Waals surface area contributed by atoms with Gasteiger partial charge in [-0.1, -0.05) is 25.1 Å². The Labute approximate surface area is 213 Å². The molecule has 1 fully saturated rings. The molecular formula is C23H32FN4O8P. The topological polar surface area (TPSA) is 164 Å². The van der Waals surface area contributed by atoms with E-state index in [1.54, 1.807) is 32.0 Å². The van der Waals surface area contributed by atoms with Crippen molar-refractivity contribution < 1.29 is 37.4 Å². The Morgan fingerprint density at radius 2 is 2.00 bits per heavy atom. The normalized spacial score (nSPS) is 26.0. The van der Waals surface area contributed by atoms with Gasteiger partial charge in [-0.15, -0.1) is 0 Å². The van der Waals surface area contributed by atoms with Gasteiger partial charge in [0.25, 0.3) is 0 Å². The summed E-state index contributed by atoms with van der Waals surface area (Å²) in [7, 11) is -4.31. The Bertz CT molecular complexity index is 1180. The van der Waals surface area contributed by atoms with E-state index < -0.39 is 68.7 Å². The predicted molar refractivity (Wildman–Crippen MR) is 131 cm³/mol. The zero-order valence-electron chi connectivity index (χ0n) is 20.9. The van der Waals surface area contributed by atoms with Gasteiger partial charge in [-0.25, -0.2) is 13.8 Å². The molecule has 3 rings (SSSR count). The van der Waals surface area contributed by atoms with E-state index in [9.17, 15) is 19.3 Å². The highest BCUT2D eigenvalue weighted by Gasteiger charge is 2.56. The van der Waals surface area contributed by atoms with Gasteiger partial charge in [-0.3, -0.25) is 13.9 Å². The Hall–Kier alpha value is -2.83. The van der Waals surface area contributed by atoms with Crippen LogP contribution in [0.4, 0.5) is 10.2 Å². The summed E-state index contributed by atoms with van der Waals surface area (Å²) in [6, 6.07) is 8.27. The number of hydrogen-bond donors (Lipinski definition) is 3. The molecule has 12 nitrogen and oxygen atoms in total. The fourth-order valence-electron chi connectivity index (χ4n) is 3.70. The minimum Gasteiger partial charge on any atom is -0.462 e. The fourth-order valence-corrected chi connectivity index (χ4v) is 5.31. The Kier molecular flexibility index (Phi) is 9.09. The number of nitrogens with zero attached hydrogens (tertiary/aromatic N) is 2. The van der Waals surface area contributed by atoms with Crippen LogP contribution in [0, 0.1) is 5.41 Å². The number of carbonyl (C=O) groups is 1. The van der Waals surface area contributed by atoms with E-state index in [2.05, 4.69) is 10.1 Å². The van der Waals surface area contributed by atoms with Crippen molar-refractivity contribution in [2.24, 2.45) is 5.41 Å². The molecule has 3 unspecified atom stereocenters. The second-order valence-corrected chi connectivity index (χ2v) is 10.9. The van der Waals surface area contributed by atoms with Crippen LogP contribution in [0.3, 0.4) is 0 Å². The van der Waals surface area contributed by atoms with E-state index in [0.29, 0.717) is 0 Å². The lowest BCUT2D eigenvalue weighted by Gasteiger charge is -2.32. The molecule has 4 N–H and O–H groups in total. The van der Waals surface area contributed by atoms with Gasteiger partial charge in [-0.2, -0.15) is 10.1 Å². The second-order valence-electron chi connectivity index (χ2n) is 9.16. The van der Waals surface area contributed by atoms with E-state index in [-0.39, 0.29) is 11.6 Å². The number of nitrogen functional groups attached to an aromatic ring is 1. The number of rotatable bonds is 11. The number of nitrogens with two attached hydrogens (primary N) is 1. The summed E-state index contributed by atoms with van der Waals surface area (Å²) >= 11 is 0. The number of para-hydroxylation sites is 1. The molecule has 0 bridgehead atoms. The van der Waals surface area contributed by atoms with Gasteiger partial charge in [0.1, 0.15) is 17.6 Å². The smallest absolute Gasteiger partial charge is 0.459 e. The summed E-state index contributed by atoms with van der Waals surface area (Å²) in [6.07, 6.45) is -3.68. The van der Waals surface area contributed by atoms with Crippen molar-refractivity contribution in [2.75, 3.05) is 18.9 Å².